The molecule has 3 rings (SSSR count). The minimum atomic E-state index is -0.693. The molecule has 0 atom stereocenters. The van der Waals surface area contributed by atoms with Gasteiger partial charge in [0.15, 0.2) is 0 Å². The molecule has 0 saturated carbocycles. The number of aryl methyl sites for hydroxylation is 1. The molecule has 3 N–H and O–H groups in total. The largest absolute Gasteiger partial charge is 0.496 e. The van der Waals surface area contributed by atoms with Gasteiger partial charge >= 0.3 is 5.69 Å². The number of aromatic nitrogens is 3. The molecular formula is C18H17N5O4. The van der Waals surface area contributed by atoms with Crippen molar-refractivity contribution in [2.75, 3.05) is 7.11 Å². The summed E-state index contributed by atoms with van der Waals surface area (Å²) in [5.74, 6) is 0.244. The standard InChI is InChI=1S/C18H17N5O4/c1-27-15-8-6-11-4-2-3-5-12(11)13(15)10-19-22-16(24)9-7-14-17(25)20-18(26)23-21-14/h2-6,8,10H,7,9H2,1H3,(H,22,24)(H2,20,23,25,26). The molecule has 0 aliphatic carbocycles. The number of ether oxygens (including phenoxy) is 1. The van der Waals surface area contributed by atoms with Crippen LogP contribution >= 0.6 is 0 Å². The number of carbonyl (C=O) groups is 1. The first-order valence-corrected chi connectivity index (χ1v) is 8.14. The van der Waals surface area contributed by atoms with E-state index in [1.165, 1.54) is 6.21 Å². The normalized spacial score (nSPS) is 11.0. The second-order valence-corrected chi connectivity index (χ2v) is 5.65. The van der Waals surface area contributed by atoms with E-state index >= 15 is 0 Å². The summed E-state index contributed by atoms with van der Waals surface area (Å²) in [6, 6.07) is 11.5. The Bertz CT molecular complexity index is 1120. The molecule has 9 nitrogen and oxygen atoms in total. The summed E-state index contributed by atoms with van der Waals surface area (Å²) in [6.45, 7) is 0. The smallest absolute Gasteiger partial charge is 0.342 e. The van der Waals surface area contributed by atoms with Crippen LogP contribution in [-0.4, -0.2) is 34.4 Å². The van der Waals surface area contributed by atoms with E-state index in [1.54, 1.807) is 7.11 Å². The predicted molar refractivity (Wildman–Crippen MR) is 100 cm³/mol. The van der Waals surface area contributed by atoms with E-state index < -0.39 is 17.2 Å². The molecule has 0 saturated heterocycles. The Balaban J connectivity index is 1.68. The van der Waals surface area contributed by atoms with Gasteiger partial charge in [-0.05, 0) is 16.8 Å². The first kappa shape index (κ1) is 18.1. The van der Waals surface area contributed by atoms with Gasteiger partial charge in [-0.3, -0.25) is 14.6 Å². The summed E-state index contributed by atoms with van der Waals surface area (Å²) in [6.07, 6.45) is 1.58. The van der Waals surface area contributed by atoms with Gasteiger partial charge in [0.05, 0.1) is 13.3 Å². The lowest BCUT2D eigenvalue weighted by molar-refractivity contribution is -0.121. The lowest BCUT2D eigenvalue weighted by Crippen LogP contribution is -2.28. The van der Waals surface area contributed by atoms with Crippen LogP contribution in [0.15, 0.2) is 51.1 Å². The van der Waals surface area contributed by atoms with Crippen molar-refractivity contribution in [3.63, 3.8) is 0 Å². The molecule has 0 aliphatic rings. The van der Waals surface area contributed by atoms with Crippen LogP contribution < -0.4 is 21.4 Å². The summed E-state index contributed by atoms with van der Waals surface area (Å²) in [4.78, 5) is 36.4. The summed E-state index contributed by atoms with van der Waals surface area (Å²) < 4.78 is 5.36. The molecule has 138 valence electrons. The quantitative estimate of drug-likeness (QED) is 0.436. The van der Waals surface area contributed by atoms with Crippen molar-refractivity contribution in [3.8, 4) is 5.75 Å². The number of hydrazone groups is 1. The highest BCUT2D eigenvalue weighted by Crippen LogP contribution is 2.26. The maximum atomic E-state index is 11.9. The number of nitrogens with one attached hydrogen (secondary N) is 3. The van der Waals surface area contributed by atoms with Gasteiger partial charge in [0.2, 0.25) is 5.91 Å². The number of hydrogen-bond acceptors (Lipinski definition) is 6. The van der Waals surface area contributed by atoms with Gasteiger partial charge in [-0.25, -0.2) is 15.3 Å². The molecule has 3 aromatic rings. The maximum Gasteiger partial charge on any atom is 0.342 e. The molecule has 9 heteroatoms. The third kappa shape index (κ3) is 4.27. The fourth-order valence-electron chi connectivity index (χ4n) is 2.59. The Hall–Kier alpha value is -3.75. The monoisotopic (exact) mass is 367 g/mol. The number of H-pyrrole nitrogens is 2. The highest BCUT2D eigenvalue weighted by Gasteiger charge is 2.08. The van der Waals surface area contributed by atoms with Gasteiger partial charge in [-0.1, -0.05) is 30.3 Å². The van der Waals surface area contributed by atoms with Gasteiger partial charge in [0.1, 0.15) is 11.4 Å². The van der Waals surface area contributed by atoms with Crippen molar-refractivity contribution in [3.05, 3.63) is 68.5 Å². The van der Waals surface area contributed by atoms with E-state index in [0.717, 1.165) is 16.3 Å². The van der Waals surface area contributed by atoms with Gasteiger partial charge < -0.3 is 4.74 Å². The van der Waals surface area contributed by atoms with Crippen molar-refractivity contribution >= 4 is 22.9 Å². The molecule has 0 spiro atoms. The average Bonchev–Trinajstić information content (AvgIpc) is 2.67. The zero-order valence-corrected chi connectivity index (χ0v) is 14.5. The van der Waals surface area contributed by atoms with E-state index in [9.17, 15) is 14.4 Å². The molecule has 1 aromatic heterocycles. The molecule has 1 heterocycles. The molecule has 0 bridgehead atoms. The SMILES string of the molecule is COc1ccc2ccccc2c1C=NNC(=O)CCc1n[nH]c(=O)[nH]c1=O. The Morgan fingerprint density at radius 1 is 1.26 bits per heavy atom. The van der Waals surface area contributed by atoms with Crippen LogP contribution in [0.3, 0.4) is 0 Å². The molecular weight excluding hydrogens is 350 g/mol. The number of methoxy groups -OCH3 is 1. The van der Waals surface area contributed by atoms with Gasteiger partial charge in [0, 0.05) is 18.4 Å². The summed E-state index contributed by atoms with van der Waals surface area (Å²) >= 11 is 0. The minimum absolute atomic E-state index is 0.00780. The Kier molecular flexibility index (Phi) is 5.41. The number of aromatic amines is 2. The van der Waals surface area contributed by atoms with E-state index in [1.807, 2.05) is 36.4 Å². The number of benzene rings is 2. The minimum Gasteiger partial charge on any atom is -0.496 e. The van der Waals surface area contributed by atoms with Gasteiger partial charge in [-0.2, -0.15) is 10.2 Å². The first-order chi connectivity index (χ1) is 13.1. The van der Waals surface area contributed by atoms with Crippen molar-refractivity contribution < 1.29 is 9.53 Å². The molecule has 0 radical (unpaired) electrons. The Morgan fingerprint density at radius 2 is 2.07 bits per heavy atom. The first-order valence-electron chi connectivity index (χ1n) is 8.14. The van der Waals surface area contributed by atoms with Crippen molar-refractivity contribution in [1.29, 1.82) is 0 Å². The van der Waals surface area contributed by atoms with Crippen molar-refractivity contribution in [2.24, 2.45) is 5.10 Å². The molecule has 0 aliphatic heterocycles. The number of fused-ring (bicyclic) bond motifs is 1. The van der Waals surface area contributed by atoms with Crippen LogP contribution in [0.4, 0.5) is 0 Å². The van der Waals surface area contributed by atoms with E-state index in [-0.39, 0.29) is 18.5 Å². The van der Waals surface area contributed by atoms with Gasteiger partial charge in [-0.15, -0.1) is 0 Å². The number of nitrogens with zero attached hydrogens (tertiary/aromatic N) is 2. The summed E-state index contributed by atoms with van der Waals surface area (Å²) in [5, 5.41) is 11.7. The summed E-state index contributed by atoms with van der Waals surface area (Å²) in [7, 11) is 1.56. The zero-order chi connectivity index (χ0) is 19.2. The lowest BCUT2D eigenvalue weighted by atomic mass is 10.0. The lowest BCUT2D eigenvalue weighted by Gasteiger charge is -2.08. The third-order valence-electron chi connectivity index (χ3n) is 3.90. The Morgan fingerprint density at radius 3 is 2.85 bits per heavy atom. The van der Waals surface area contributed by atoms with Crippen LogP contribution in [0.1, 0.15) is 17.7 Å². The van der Waals surface area contributed by atoms with Crippen LogP contribution in [0, 0.1) is 0 Å². The van der Waals surface area contributed by atoms with Crippen molar-refractivity contribution in [1.82, 2.24) is 20.6 Å². The predicted octanol–water partition coefficient (Wildman–Crippen LogP) is 0.703. The second-order valence-electron chi connectivity index (χ2n) is 5.65. The second kappa shape index (κ2) is 8.09. The zero-order valence-electron chi connectivity index (χ0n) is 14.5. The highest BCUT2D eigenvalue weighted by atomic mass is 16.5. The van der Waals surface area contributed by atoms with Crippen LogP contribution in [0.2, 0.25) is 0 Å². The van der Waals surface area contributed by atoms with Crippen LogP contribution in [0.5, 0.6) is 5.75 Å². The number of rotatable bonds is 6. The maximum absolute atomic E-state index is 11.9. The van der Waals surface area contributed by atoms with Gasteiger partial charge in [0.25, 0.3) is 5.56 Å². The van der Waals surface area contributed by atoms with Crippen LogP contribution in [0.25, 0.3) is 10.8 Å². The number of hydrogen-bond donors (Lipinski definition) is 3. The number of carbonyl (C=O) groups excluding carboxylic acids is 1. The number of amides is 1. The molecule has 2 aromatic carbocycles. The molecule has 27 heavy (non-hydrogen) atoms. The molecule has 0 fully saturated rings. The van der Waals surface area contributed by atoms with E-state index in [4.69, 9.17) is 4.74 Å². The van der Waals surface area contributed by atoms with E-state index in [0.29, 0.717) is 5.75 Å². The Labute approximate surface area is 153 Å². The summed E-state index contributed by atoms with van der Waals surface area (Å²) in [5.41, 5.74) is 1.92. The topological polar surface area (TPSA) is 129 Å². The fourth-order valence-corrected chi connectivity index (χ4v) is 2.59. The van der Waals surface area contributed by atoms with E-state index in [2.05, 4.69) is 25.7 Å². The fraction of sp³-hybridized carbons (Fsp3) is 0.167. The third-order valence-corrected chi connectivity index (χ3v) is 3.90. The van der Waals surface area contributed by atoms with Crippen LogP contribution in [-0.2, 0) is 11.2 Å². The van der Waals surface area contributed by atoms with Crippen molar-refractivity contribution in [2.45, 2.75) is 12.8 Å². The highest BCUT2D eigenvalue weighted by molar-refractivity contribution is 6.02. The molecule has 1 amide bonds. The average molecular weight is 367 g/mol. The molecule has 0 unspecified atom stereocenters.